The van der Waals surface area contributed by atoms with Gasteiger partial charge in [-0.25, -0.2) is 4.79 Å². The molecule has 0 unspecified atom stereocenters. The van der Waals surface area contributed by atoms with Gasteiger partial charge >= 0.3 is 5.97 Å². The van der Waals surface area contributed by atoms with Crippen molar-refractivity contribution in [3.05, 3.63) is 10.6 Å². The van der Waals surface area contributed by atoms with E-state index in [0.29, 0.717) is 19.4 Å². The van der Waals surface area contributed by atoms with Crippen molar-refractivity contribution in [3.63, 3.8) is 0 Å². The molecule has 0 aromatic heterocycles. The third kappa shape index (κ3) is 2.82. The second kappa shape index (κ2) is 5.87. The highest BCUT2D eigenvalue weighted by atomic mass is 32.2. The molecule has 110 valence electrons. The largest absolute Gasteiger partial charge is 0.477 e. The van der Waals surface area contributed by atoms with E-state index in [9.17, 15) is 19.5 Å². The summed E-state index contributed by atoms with van der Waals surface area (Å²) in [5.74, 6) is -1.10. The Balaban J connectivity index is 1.88. The van der Waals surface area contributed by atoms with E-state index >= 15 is 0 Å². The number of aliphatic carboxylic acids is 1. The summed E-state index contributed by atoms with van der Waals surface area (Å²) in [6.45, 7) is 2.19. The standard InChI is InChI=1S/C13H18N2O4S/c1-8(16)14(2)6-4-3-5-9-12(13(18)19)15-10(17)7-11(15)20-9/h11H,3-7H2,1-2H3,(H,18,19)/t11-/m0/s1. The smallest absolute Gasteiger partial charge is 0.353 e. The van der Waals surface area contributed by atoms with Gasteiger partial charge in [-0.2, -0.15) is 0 Å². The molecule has 2 amide bonds. The average Bonchev–Trinajstić information content (AvgIpc) is 2.66. The number of carboxylic acids is 1. The molecule has 1 saturated heterocycles. The first kappa shape index (κ1) is 14.9. The van der Waals surface area contributed by atoms with Crippen molar-refractivity contribution in [2.75, 3.05) is 13.6 Å². The Kier molecular flexibility index (Phi) is 4.37. The number of thioether (sulfide) groups is 1. The SMILES string of the molecule is CC(=O)N(C)CCCCC1=C(C(=O)O)N2C(=O)C[C@@H]2S1. The van der Waals surface area contributed by atoms with Crippen LogP contribution in [0.3, 0.4) is 0 Å². The van der Waals surface area contributed by atoms with E-state index in [0.717, 1.165) is 17.7 Å². The van der Waals surface area contributed by atoms with Gasteiger partial charge < -0.3 is 10.0 Å². The van der Waals surface area contributed by atoms with Gasteiger partial charge in [0.15, 0.2) is 0 Å². The summed E-state index contributed by atoms with van der Waals surface area (Å²) in [4.78, 5) is 37.6. The minimum absolute atomic E-state index is 0.0107. The number of unbranched alkanes of at least 4 members (excludes halogenated alkanes) is 1. The molecular weight excluding hydrogens is 280 g/mol. The van der Waals surface area contributed by atoms with E-state index in [-0.39, 0.29) is 22.9 Å². The van der Waals surface area contributed by atoms with Crippen LogP contribution in [0.1, 0.15) is 32.6 Å². The van der Waals surface area contributed by atoms with E-state index in [1.807, 2.05) is 0 Å². The molecule has 20 heavy (non-hydrogen) atoms. The van der Waals surface area contributed by atoms with Gasteiger partial charge in [-0.3, -0.25) is 14.5 Å². The number of carbonyl (C=O) groups excluding carboxylic acids is 2. The summed E-state index contributed by atoms with van der Waals surface area (Å²) in [5, 5.41) is 9.21. The topological polar surface area (TPSA) is 77.9 Å². The quantitative estimate of drug-likeness (QED) is 0.589. The van der Waals surface area contributed by atoms with Crippen molar-refractivity contribution in [2.24, 2.45) is 0 Å². The number of rotatable bonds is 6. The summed E-state index contributed by atoms with van der Waals surface area (Å²) in [6.07, 6.45) is 2.72. The molecule has 2 aliphatic heterocycles. The second-order valence-electron chi connectivity index (χ2n) is 5.01. The highest BCUT2D eigenvalue weighted by molar-refractivity contribution is 8.04. The zero-order valence-corrected chi connectivity index (χ0v) is 12.4. The molecule has 7 heteroatoms. The lowest BCUT2D eigenvalue weighted by molar-refractivity contribution is -0.145. The van der Waals surface area contributed by atoms with Crippen LogP contribution in [0, 0.1) is 0 Å². The summed E-state index contributed by atoms with van der Waals surface area (Å²) in [7, 11) is 1.75. The molecule has 0 aromatic rings. The van der Waals surface area contributed by atoms with Crippen molar-refractivity contribution < 1.29 is 19.5 Å². The summed E-state index contributed by atoms with van der Waals surface area (Å²) >= 11 is 1.49. The number of β-lactam (4-membered cyclic amide) rings is 1. The number of fused-ring (bicyclic) bond motifs is 1. The van der Waals surface area contributed by atoms with Crippen LogP contribution in [-0.4, -0.2) is 51.7 Å². The van der Waals surface area contributed by atoms with Gasteiger partial charge in [0, 0.05) is 25.4 Å². The van der Waals surface area contributed by atoms with E-state index < -0.39 is 5.97 Å². The fourth-order valence-corrected chi connectivity index (χ4v) is 3.74. The Labute approximate surface area is 121 Å². The maximum absolute atomic E-state index is 11.4. The molecule has 1 fully saturated rings. The first-order valence-corrected chi connectivity index (χ1v) is 7.46. The van der Waals surface area contributed by atoms with Gasteiger partial charge in [0.1, 0.15) is 5.70 Å². The van der Waals surface area contributed by atoms with Crippen molar-refractivity contribution in [1.29, 1.82) is 0 Å². The Bertz CT molecular complexity index is 489. The Morgan fingerprint density at radius 1 is 1.45 bits per heavy atom. The van der Waals surface area contributed by atoms with Gasteiger partial charge in [0.2, 0.25) is 11.8 Å². The minimum Gasteiger partial charge on any atom is -0.477 e. The molecule has 0 radical (unpaired) electrons. The number of hydrogen-bond acceptors (Lipinski definition) is 4. The van der Waals surface area contributed by atoms with E-state index in [2.05, 4.69) is 0 Å². The zero-order chi connectivity index (χ0) is 14.9. The normalized spacial score (nSPS) is 20.8. The van der Waals surface area contributed by atoms with Gasteiger partial charge in [0.05, 0.1) is 11.8 Å². The van der Waals surface area contributed by atoms with Crippen molar-refractivity contribution in [3.8, 4) is 0 Å². The van der Waals surface area contributed by atoms with E-state index in [1.165, 1.54) is 23.6 Å². The van der Waals surface area contributed by atoms with Crippen LogP contribution in [0.25, 0.3) is 0 Å². The van der Waals surface area contributed by atoms with Crippen molar-refractivity contribution >= 4 is 29.5 Å². The maximum atomic E-state index is 11.4. The van der Waals surface area contributed by atoms with Gasteiger partial charge in [-0.05, 0) is 19.3 Å². The predicted octanol–water partition coefficient (Wildman–Crippen LogP) is 1.24. The fraction of sp³-hybridized carbons (Fsp3) is 0.615. The van der Waals surface area contributed by atoms with Crippen LogP contribution < -0.4 is 0 Å². The molecule has 0 aromatic carbocycles. The number of nitrogens with zero attached hydrogens (tertiary/aromatic N) is 2. The van der Waals surface area contributed by atoms with E-state index in [1.54, 1.807) is 11.9 Å². The molecule has 2 aliphatic rings. The third-order valence-corrected chi connectivity index (χ3v) is 4.91. The maximum Gasteiger partial charge on any atom is 0.353 e. The number of amides is 2. The highest BCUT2D eigenvalue weighted by Crippen LogP contribution is 2.47. The van der Waals surface area contributed by atoms with Crippen LogP contribution in [0.4, 0.5) is 0 Å². The summed E-state index contributed by atoms with van der Waals surface area (Å²) in [5.41, 5.74) is 0.163. The molecule has 1 N–H and O–H groups in total. The monoisotopic (exact) mass is 298 g/mol. The van der Waals surface area contributed by atoms with Crippen LogP contribution in [0.5, 0.6) is 0 Å². The number of hydrogen-bond donors (Lipinski definition) is 1. The van der Waals surface area contributed by atoms with Crippen LogP contribution in [0.2, 0.25) is 0 Å². The Hall–Kier alpha value is -1.50. The highest BCUT2D eigenvalue weighted by Gasteiger charge is 2.47. The first-order chi connectivity index (χ1) is 9.41. The Morgan fingerprint density at radius 3 is 2.70 bits per heavy atom. The molecule has 2 heterocycles. The lowest BCUT2D eigenvalue weighted by Gasteiger charge is -2.33. The molecule has 2 rings (SSSR count). The first-order valence-electron chi connectivity index (χ1n) is 6.58. The third-order valence-electron chi connectivity index (χ3n) is 3.58. The van der Waals surface area contributed by atoms with Crippen LogP contribution in [0.15, 0.2) is 10.6 Å². The lowest BCUT2D eigenvalue weighted by atomic mass is 10.1. The zero-order valence-electron chi connectivity index (χ0n) is 11.6. The van der Waals surface area contributed by atoms with Crippen molar-refractivity contribution in [1.82, 2.24) is 9.80 Å². The Morgan fingerprint density at radius 2 is 2.15 bits per heavy atom. The van der Waals surface area contributed by atoms with Gasteiger partial charge in [-0.1, -0.05) is 0 Å². The fourth-order valence-electron chi connectivity index (χ4n) is 2.30. The molecule has 0 spiro atoms. The molecular formula is C13H18N2O4S. The predicted molar refractivity (Wildman–Crippen MR) is 74.7 cm³/mol. The molecule has 6 nitrogen and oxygen atoms in total. The summed E-state index contributed by atoms with van der Waals surface area (Å²) in [6, 6.07) is 0. The van der Waals surface area contributed by atoms with Gasteiger partial charge in [0.25, 0.3) is 0 Å². The second-order valence-corrected chi connectivity index (χ2v) is 6.29. The van der Waals surface area contributed by atoms with E-state index in [4.69, 9.17) is 0 Å². The number of carbonyl (C=O) groups is 3. The van der Waals surface area contributed by atoms with Crippen LogP contribution in [-0.2, 0) is 14.4 Å². The number of allylic oxidation sites excluding steroid dienone is 1. The van der Waals surface area contributed by atoms with Gasteiger partial charge in [-0.15, -0.1) is 11.8 Å². The average molecular weight is 298 g/mol. The molecule has 1 atom stereocenters. The molecule has 0 aliphatic carbocycles. The molecule has 0 bridgehead atoms. The lowest BCUT2D eigenvalue weighted by Crippen LogP contribution is -2.48. The molecule has 0 saturated carbocycles. The number of carboxylic acid groups (broad SMARTS) is 1. The summed E-state index contributed by atoms with van der Waals surface area (Å²) < 4.78 is 0. The van der Waals surface area contributed by atoms with Crippen LogP contribution >= 0.6 is 11.8 Å². The minimum atomic E-state index is -1.02. The van der Waals surface area contributed by atoms with Crippen molar-refractivity contribution in [2.45, 2.75) is 38.0 Å².